The van der Waals surface area contributed by atoms with Gasteiger partial charge in [-0.25, -0.2) is 0 Å². The molecule has 3 heteroatoms. The summed E-state index contributed by atoms with van der Waals surface area (Å²) in [4.78, 5) is 14.9. The number of nitrogens with one attached hydrogen (secondary N) is 1. The molecule has 0 aromatic heterocycles. The number of hydrogen-bond donors (Lipinski definition) is 1. The third-order valence-corrected chi connectivity index (χ3v) is 4.50. The van der Waals surface area contributed by atoms with E-state index in [1.165, 1.54) is 12.0 Å². The molecule has 21 heavy (non-hydrogen) atoms. The zero-order chi connectivity index (χ0) is 15.5. The van der Waals surface area contributed by atoms with Gasteiger partial charge in [-0.1, -0.05) is 36.8 Å². The van der Waals surface area contributed by atoms with Crippen LogP contribution in [-0.4, -0.2) is 30.4 Å². The molecule has 2 rings (SSSR count). The van der Waals surface area contributed by atoms with Crippen LogP contribution in [0.4, 0.5) is 0 Å². The number of carbonyl (C=O) groups is 1. The van der Waals surface area contributed by atoms with Crippen molar-refractivity contribution in [3.8, 4) is 0 Å². The van der Waals surface area contributed by atoms with Gasteiger partial charge in [-0.3, -0.25) is 4.79 Å². The van der Waals surface area contributed by atoms with E-state index in [0.29, 0.717) is 0 Å². The molecular formula is C18H28N2O. The summed E-state index contributed by atoms with van der Waals surface area (Å²) in [5.41, 5.74) is 2.07. The smallest absolute Gasteiger partial charge is 0.225 e. The maximum Gasteiger partial charge on any atom is 0.225 e. The second-order valence-corrected chi connectivity index (χ2v) is 6.74. The lowest BCUT2D eigenvalue weighted by atomic mass is 9.92. The molecule has 116 valence electrons. The van der Waals surface area contributed by atoms with E-state index in [1.807, 2.05) is 0 Å². The molecule has 1 amide bonds. The van der Waals surface area contributed by atoms with Gasteiger partial charge in [0.05, 0.1) is 11.5 Å². The van der Waals surface area contributed by atoms with Crippen LogP contribution < -0.4 is 5.32 Å². The predicted octanol–water partition coefficient (Wildman–Crippen LogP) is 3.08. The summed E-state index contributed by atoms with van der Waals surface area (Å²) in [6.45, 7) is 11.5. The molecule has 1 fully saturated rings. The Labute approximate surface area is 128 Å². The fraction of sp³-hybridized carbons (Fsp3) is 0.611. The molecule has 0 saturated carbocycles. The number of rotatable bonds is 6. The van der Waals surface area contributed by atoms with Crippen LogP contribution in [0, 0.1) is 12.8 Å². The minimum Gasteiger partial charge on any atom is -0.347 e. The lowest BCUT2D eigenvalue weighted by Gasteiger charge is -2.35. The minimum absolute atomic E-state index is 0.0926. The monoisotopic (exact) mass is 288 g/mol. The molecule has 0 unspecified atom stereocenters. The normalized spacial score (nSPS) is 17.1. The molecule has 1 atom stereocenters. The lowest BCUT2D eigenvalue weighted by molar-refractivity contribution is -0.127. The first kappa shape index (κ1) is 16.0. The number of amides is 1. The van der Waals surface area contributed by atoms with Crippen molar-refractivity contribution in [3.05, 3.63) is 35.4 Å². The van der Waals surface area contributed by atoms with E-state index in [-0.39, 0.29) is 17.4 Å². The number of nitrogens with zero attached hydrogens (tertiary/aromatic N) is 1. The first-order valence-electron chi connectivity index (χ1n) is 8.04. The van der Waals surface area contributed by atoms with E-state index in [4.69, 9.17) is 0 Å². The number of hydrogen-bond acceptors (Lipinski definition) is 2. The first-order valence-corrected chi connectivity index (χ1v) is 8.04. The van der Waals surface area contributed by atoms with Crippen LogP contribution >= 0.6 is 0 Å². The molecule has 1 N–H and O–H groups in total. The largest absolute Gasteiger partial charge is 0.347 e. The average molecular weight is 288 g/mol. The van der Waals surface area contributed by atoms with Crippen molar-refractivity contribution in [3.63, 3.8) is 0 Å². The molecule has 0 aliphatic carbocycles. The Balaban J connectivity index is 1.99. The van der Waals surface area contributed by atoms with Crippen molar-refractivity contribution in [1.29, 1.82) is 0 Å². The molecule has 1 aliphatic heterocycles. The van der Waals surface area contributed by atoms with E-state index < -0.39 is 0 Å². The second-order valence-electron chi connectivity index (χ2n) is 6.74. The summed E-state index contributed by atoms with van der Waals surface area (Å²) in [6, 6.07) is 8.40. The lowest BCUT2D eigenvalue weighted by Crippen LogP contribution is -2.48. The van der Waals surface area contributed by atoms with Crippen LogP contribution in [0.1, 0.15) is 44.7 Å². The standard InChI is InChI=1S/C18H28N2O/c1-5-15(13-20-11-6-12-20)17(21)19-18(3,4)16-9-7-14(2)8-10-16/h7-10,15H,5-6,11-13H2,1-4H3,(H,19,21)/t15-/m0/s1. The van der Waals surface area contributed by atoms with Gasteiger partial charge in [0.1, 0.15) is 0 Å². The molecule has 1 aromatic rings. The molecule has 0 spiro atoms. The van der Waals surface area contributed by atoms with Gasteiger partial charge < -0.3 is 10.2 Å². The van der Waals surface area contributed by atoms with Crippen LogP contribution in [0.3, 0.4) is 0 Å². The Morgan fingerprint density at radius 1 is 1.29 bits per heavy atom. The molecule has 1 aliphatic rings. The number of likely N-dealkylation sites (tertiary alicyclic amines) is 1. The van der Waals surface area contributed by atoms with Crippen molar-refractivity contribution in [2.75, 3.05) is 19.6 Å². The van der Waals surface area contributed by atoms with Gasteiger partial charge >= 0.3 is 0 Å². The van der Waals surface area contributed by atoms with E-state index in [0.717, 1.165) is 31.6 Å². The number of benzene rings is 1. The quantitative estimate of drug-likeness (QED) is 0.872. The van der Waals surface area contributed by atoms with Crippen LogP contribution in [0.5, 0.6) is 0 Å². The molecule has 0 radical (unpaired) electrons. The zero-order valence-electron chi connectivity index (χ0n) is 13.8. The van der Waals surface area contributed by atoms with Crippen LogP contribution in [0.25, 0.3) is 0 Å². The maximum absolute atomic E-state index is 12.6. The first-order chi connectivity index (χ1) is 9.92. The highest BCUT2D eigenvalue weighted by atomic mass is 16.2. The van der Waals surface area contributed by atoms with Crippen molar-refractivity contribution < 1.29 is 4.79 Å². The second kappa shape index (κ2) is 6.61. The predicted molar refractivity (Wildman–Crippen MR) is 87.2 cm³/mol. The topological polar surface area (TPSA) is 32.3 Å². The SMILES string of the molecule is CC[C@@H](CN1CCC1)C(=O)NC(C)(C)c1ccc(C)cc1. The van der Waals surface area contributed by atoms with E-state index >= 15 is 0 Å². The number of carbonyl (C=O) groups excluding carboxylic acids is 1. The highest BCUT2D eigenvalue weighted by Crippen LogP contribution is 2.22. The van der Waals surface area contributed by atoms with Crippen molar-refractivity contribution in [2.24, 2.45) is 5.92 Å². The highest BCUT2D eigenvalue weighted by molar-refractivity contribution is 5.79. The summed E-state index contributed by atoms with van der Waals surface area (Å²) in [6.07, 6.45) is 2.17. The summed E-state index contributed by atoms with van der Waals surface area (Å²) >= 11 is 0. The Kier molecular flexibility index (Phi) is 5.04. The van der Waals surface area contributed by atoms with E-state index in [9.17, 15) is 4.79 Å². The van der Waals surface area contributed by atoms with Gasteiger partial charge in [-0.2, -0.15) is 0 Å². The molecule has 3 nitrogen and oxygen atoms in total. The number of aryl methyl sites for hydroxylation is 1. The van der Waals surface area contributed by atoms with E-state index in [2.05, 4.69) is 62.2 Å². The summed E-state index contributed by atoms with van der Waals surface area (Å²) in [5, 5.41) is 3.23. The Hall–Kier alpha value is -1.35. The maximum atomic E-state index is 12.6. The summed E-state index contributed by atoms with van der Waals surface area (Å²) < 4.78 is 0. The Morgan fingerprint density at radius 2 is 1.90 bits per heavy atom. The van der Waals surface area contributed by atoms with Gasteiger partial charge in [0.25, 0.3) is 0 Å². The molecular weight excluding hydrogens is 260 g/mol. The van der Waals surface area contributed by atoms with Crippen LogP contribution in [-0.2, 0) is 10.3 Å². The fourth-order valence-corrected chi connectivity index (χ4v) is 2.73. The van der Waals surface area contributed by atoms with Crippen LogP contribution in [0.15, 0.2) is 24.3 Å². The van der Waals surface area contributed by atoms with Crippen molar-refractivity contribution in [1.82, 2.24) is 10.2 Å². The van der Waals surface area contributed by atoms with E-state index in [1.54, 1.807) is 0 Å². The van der Waals surface area contributed by atoms with Crippen molar-refractivity contribution in [2.45, 2.75) is 46.1 Å². The summed E-state index contributed by atoms with van der Waals surface area (Å²) in [5.74, 6) is 0.269. The highest BCUT2D eigenvalue weighted by Gasteiger charge is 2.28. The average Bonchev–Trinajstić information content (AvgIpc) is 2.37. The molecule has 1 heterocycles. The summed E-state index contributed by atoms with van der Waals surface area (Å²) in [7, 11) is 0. The van der Waals surface area contributed by atoms with Gasteiger partial charge in [-0.15, -0.1) is 0 Å². The Bertz CT molecular complexity index is 474. The third kappa shape index (κ3) is 4.07. The van der Waals surface area contributed by atoms with Crippen LogP contribution in [0.2, 0.25) is 0 Å². The van der Waals surface area contributed by atoms with Crippen molar-refractivity contribution >= 4 is 5.91 Å². The van der Waals surface area contributed by atoms with Gasteiger partial charge in [0.2, 0.25) is 5.91 Å². The van der Waals surface area contributed by atoms with Gasteiger partial charge in [-0.05, 0) is 52.3 Å². The Morgan fingerprint density at radius 3 is 2.38 bits per heavy atom. The fourth-order valence-electron chi connectivity index (χ4n) is 2.73. The molecule has 1 saturated heterocycles. The third-order valence-electron chi connectivity index (χ3n) is 4.50. The molecule has 0 bridgehead atoms. The molecule has 1 aromatic carbocycles. The zero-order valence-corrected chi connectivity index (χ0v) is 13.8. The van der Waals surface area contributed by atoms with Gasteiger partial charge in [0.15, 0.2) is 0 Å². The minimum atomic E-state index is -0.326. The van der Waals surface area contributed by atoms with Gasteiger partial charge in [0, 0.05) is 6.54 Å².